The van der Waals surface area contributed by atoms with E-state index in [1.54, 1.807) is 6.92 Å². The maximum atomic E-state index is 9.34. The predicted octanol–water partition coefficient (Wildman–Crippen LogP) is 2.98. The van der Waals surface area contributed by atoms with Crippen LogP contribution in [-0.2, 0) is 6.54 Å². The van der Waals surface area contributed by atoms with E-state index in [1.807, 2.05) is 18.5 Å². The van der Waals surface area contributed by atoms with Gasteiger partial charge in [-0.25, -0.2) is 0 Å². The largest absolute Gasteiger partial charge is 0.389 e. The van der Waals surface area contributed by atoms with E-state index in [0.29, 0.717) is 0 Å². The summed E-state index contributed by atoms with van der Waals surface area (Å²) < 4.78 is 2.16. The molecule has 2 nitrogen and oxygen atoms in total. The minimum Gasteiger partial charge on any atom is -0.389 e. The fourth-order valence-electron chi connectivity index (χ4n) is 1.53. The fraction of sp³-hybridized carbons (Fsp3) is 0.667. The standard InChI is InChI=1S/C12H21NO/c1-10(2)5-4-7-13-8-6-12(9-13)11(3)14/h6,8-11,14H,4-5,7H2,1-3H3. The zero-order valence-corrected chi connectivity index (χ0v) is 9.40. The summed E-state index contributed by atoms with van der Waals surface area (Å²) in [6, 6.07) is 1.99. The molecule has 0 fully saturated rings. The zero-order chi connectivity index (χ0) is 10.6. The second-order valence-electron chi connectivity index (χ2n) is 4.39. The number of aliphatic hydroxyl groups excluding tert-OH is 1. The molecule has 1 rings (SSSR count). The smallest absolute Gasteiger partial charge is 0.0776 e. The van der Waals surface area contributed by atoms with Crippen molar-refractivity contribution < 1.29 is 5.11 Å². The van der Waals surface area contributed by atoms with Crippen LogP contribution in [-0.4, -0.2) is 9.67 Å². The molecule has 1 N–H and O–H groups in total. The van der Waals surface area contributed by atoms with Crippen LogP contribution in [0.15, 0.2) is 18.5 Å². The summed E-state index contributed by atoms with van der Waals surface area (Å²) in [6.07, 6.45) is 6.21. The summed E-state index contributed by atoms with van der Waals surface area (Å²) in [6.45, 7) is 7.35. The highest BCUT2D eigenvalue weighted by Gasteiger charge is 2.02. The molecule has 0 radical (unpaired) electrons. The van der Waals surface area contributed by atoms with Gasteiger partial charge in [-0.15, -0.1) is 0 Å². The van der Waals surface area contributed by atoms with Gasteiger partial charge < -0.3 is 9.67 Å². The van der Waals surface area contributed by atoms with E-state index >= 15 is 0 Å². The van der Waals surface area contributed by atoms with Crippen LogP contribution < -0.4 is 0 Å². The Bertz CT molecular complexity index is 263. The predicted molar refractivity (Wildman–Crippen MR) is 59.1 cm³/mol. The van der Waals surface area contributed by atoms with Crippen LogP contribution in [0.4, 0.5) is 0 Å². The molecule has 0 saturated carbocycles. The van der Waals surface area contributed by atoms with Crippen molar-refractivity contribution in [3.8, 4) is 0 Å². The van der Waals surface area contributed by atoms with Crippen molar-refractivity contribution in [2.45, 2.75) is 46.3 Å². The first-order valence-corrected chi connectivity index (χ1v) is 5.43. The molecule has 1 atom stereocenters. The molecule has 0 saturated heterocycles. The zero-order valence-electron chi connectivity index (χ0n) is 9.40. The third-order valence-electron chi connectivity index (χ3n) is 2.45. The summed E-state index contributed by atoms with van der Waals surface area (Å²) in [5.74, 6) is 0.779. The fourth-order valence-corrected chi connectivity index (χ4v) is 1.53. The highest BCUT2D eigenvalue weighted by molar-refractivity contribution is 5.12. The Labute approximate surface area is 86.6 Å². The van der Waals surface area contributed by atoms with Gasteiger partial charge in [0.1, 0.15) is 0 Å². The molecule has 0 aliphatic heterocycles. The first kappa shape index (κ1) is 11.3. The average molecular weight is 195 g/mol. The quantitative estimate of drug-likeness (QED) is 0.767. The van der Waals surface area contributed by atoms with Crippen LogP contribution in [0.1, 0.15) is 45.3 Å². The molecule has 0 bridgehead atoms. The molecule has 0 spiro atoms. The van der Waals surface area contributed by atoms with Crippen molar-refractivity contribution in [3.05, 3.63) is 24.0 Å². The first-order valence-electron chi connectivity index (χ1n) is 5.43. The average Bonchev–Trinajstić information content (AvgIpc) is 2.52. The second-order valence-corrected chi connectivity index (χ2v) is 4.39. The SMILES string of the molecule is CC(C)CCCn1ccc(C(C)O)c1. The highest BCUT2D eigenvalue weighted by atomic mass is 16.3. The molecule has 0 amide bonds. The van der Waals surface area contributed by atoms with Gasteiger partial charge in [0.05, 0.1) is 6.10 Å². The summed E-state index contributed by atoms with van der Waals surface area (Å²) in [5, 5.41) is 9.34. The van der Waals surface area contributed by atoms with Crippen molar-refractivity contribution in [2.24, 2.45) is 5.92 Å². The van der Waals surface area contributed by atoms with Crippen molar-refractivity contribution in [3.63, 3.8) is 0 Å². The monoisotopic (exact) mass is 195 g/mol. The van der Waals surface area contributed by atoms with Gasteiger partial charge in [0.25, 0.3) is 0 Å². The minimum atomic E-state index is -0.346. The maximum absolute atomic E-state index is 9.34. The lowest BCUT2D eigenvalue weighted by atomic mass is 10.1. The number of aromatic nitrogens is 1. The molecule has 1 heterocycles. The lowest BCUT2D eigenvalue weighted by Crippen LogP contribution is -1.97. The highest BCUT2D eigenvalue weighted by Crippen LogP contribution is 2.13. The molecule has 1 aromatic heterocycles. The van der Waals surface area contributed by atoms with Crippen LogP contribution in [0.3, 0.4) is 0 Å². The number of nitrogens with zero attached hydrogens (tertiary/aromatic N) is 1. The van der Waals surface area contributed by atoms with Gasteiger partial charge in [0.15, 0.2) is 0 Å². The molecule has 2 heteroatoms. The molecular formula is C12H21NO. The van der Waals surface area contributed by atoms with Gasteiger partial charge >= 0.3 is 0 Å². The second kappa shape index (κ2) is 5.20. The van der Waals surface area contributed by atoms with E-state index in [4.69, 9.17) is 0 Å². The Hall–Kier alpha value is -0.760. The number of hydrogen-bond acceptors (Lipinski definition) is 1. The van der Waals surface area contributed by atoms with Crippen LogP contribution in [0.5, 0.6) is 0 Å². The molecular weight excluding hydrogens is 174 g/mol. The Morgan fingerprint density at radius 1 is 1.36 bits per heavy atom. The van der Waals surface area contributed by atoms with Crippen LogP contribution >= 0.6 is 0 Å². The van der Waals surface area contributed by atoms with Crippen LogP contribution in [0, 0.1) is 5.92 Å². The molecule has 80 valence electrons. The van der Waals surface area contributed by atoms with Gasteiger partial charge in [-0.3, -0.25) is 0 Å². The summed E-state index contributed by atoms with van der Waals surface area (Å²) in [5.41, 5.74) is 1.01. The summed E-state index contributed by atoms with van der Waals surface area (Å²) in [7, 11) is 0. The van der Waals surface area contributed by atoms with E-state index in [1.165, 1.54) is 12.8 Å². The van der Waals surface area contributed by atoms with Gasteiger partial charge in [-0.1, -0.05) is 13.8 Å². The third kappa shape index (κ3) is 3.54. The Balaban J connectivity index is 2.36. The molecule has 14 heavy (non-hydrogen) atoms. The number of aliphatic hydroxyl groups is 1. The first-order chi connectivity index (χ1) is 6.59. The number of rotatable bonds is 5. The van der Waals surface area contributed by atoms with Crippen molar-refractivity contribution in [1.29, 1.82) is 0 Å². The Kier molecular flexibility index (Phi) is 4.21. The van der Waals surface area contributed by atoms with Crippen LogP contribution in [0.2, 0.25) is 0 Å². The Morgan fingerprint density at radius 3 is 2.57 bits per heavy atom. The molecule has 1 unspecified atom stereocenters. The molecule has 0 aliphatic rings. The summed E-state index contributed by atoms with van der Waals surface area (Å²) in [4.78, 5) is 0. The number of hydrogen-bond donors (Lipinski definition) is 1. The van der Waals surface area contributed by atoms with Gasteiger partial charge in [-0.05, 0) is 37.3 Å². The molecule has 0 aliphatic carbocycles. The van der Waals surface area contributed by atoms with E-state index in [9.17, 15) is 5.11 Å². The van der Waals surface area contributed by atoms with Gasteiger partial charge in [0, 0.05) is 18.9 Å². The Morgan fingerprint density at radius 2 is 2.07 bits per heavy atom. The normalized spacial score (nSPS) is 13.5. The van der Waals surface area contributed by atoms with E-state index in [2.05, 4.69) is 18.4 Å². The molecule has 1 aromatic rings. The van der Waals surface area contributed by atoms with Crippen molar-refractivity contribution in [1.82, 2.24) is 4.57 Å². The number of aryl methyl sites for hydroxylation is 1. The van der Waals surface area contributed by atoms with Crippen LogP contribution in [0.25, 0.3) is 0 Å². The lowest BCUT2D eigenvalue weighted by Gasteiger charge is -2.05. The van der Waals surface area contributed by atoms with Gasteiger partial charge in [0.2, 0.25) is 0 Å². The van der Waals surface area contributed by atoms with E-state index in [0.717, 1.165) is 18.0 Å². The maximum Gasteiger partial charge on any atom is 0.0776 e. The molecule has 0 aromatic carbocycles. The topological polar surface area (TPSA) is 25.2 Å². The third-order valence-corrected chi connectivity index (χ3v) is 2.45. The minimum absolute atomic E-state index is 0.346. The lowest BCUT2D eigenvalue weighted by molar-refractivity contribution is 0.199. The van der Waals surface area contributed by atoms with E-state index in [-0.39, 0.29) is 6.10 Å². The summed E-state index contributed by atoms with van der Waals surface area (Å²) >= 11 is 0. The van der Waals surface area contributed by atoms with E-state index < -0.39 is 0 Å². The van der Waals surface area contributed by atoms with Crippen molar-refractivity contribution in [2.75, 3.05) is 0 Å². The van der Waals surface area contributed by atoms with Gasteiger partial charge in [-0.2, -0.15) is 0 Å². The van der Waals surface area contributed by atoms with Crippen molar-refractivity contribution >= 4 is 0 Å².